The van der Waals surface area contributed by atoms with Gasteiger partial charge in [-0.25, -0.2) is 0 Å². The van der Waals surface area contributed by atoms with Crippen LogP contribution in [0.2, 0.25) is 0 Å². The van der Waals surface area contributed by atoms with Crippen molar-refractivity contribution in [2.75, 3.05) is 0 Å². The number of hydrogen-bond donors (Lipinski definition) is 1. The third-order valence-electron chi connectivity index (χ3n) is 5.60. The van der Waals surface area contributed by atoms with Crippen molar-refractivity contribution in [3.8, 4) is 0 Å². The Balaban J connectivity index is 1.88. The first-order valence-electron chi connectivity index (χ1n) is 10.2. The average Bonchev–Trinajstić information content (AvgIpc) is 3.20. The van der Waals surface area contributed by atoms with Crippen LogP contribution in [0, 0.1) is 5.92 Å². The second-order valence-electron chi connectivity index (χ2n) is 7.63. The molecule has 1 fully saturated rings. The third kappa shape index (κ3) is 4.87. The van der Waals surface area contributed by atoms with Gasteiger partial charge in [0.2, 0.25) is 7.29 Å². The average molecular weight is 369 g/mol. The number of rotatable bonds is 9. The van der Waals surface area contributed by atoms with E-state index >= 15 is 0 Å². The second-order valence-corrected chi connectivity index (χ2v) is 10.1. The Morgan fingerprint density at radius 3 is 2.00 bits per heavy atom. The first-order valence-corrected chi connectivity index (χ1v) is 11.9. The summed E-state index contributed by atoms with van der Waals surface area (Å²) in [5.74, 6) is 0.796. The smallest absolute Gasteiger partial charge is 0.204 e. The van der Waals surface area contributed by atoms with Crippen LogP contribution in [0.15, 0.2) is 60.7 Å². The fraction of sp³-hybridized carbons (Fsp3) is 0.478. The van der Waals surface area contributed by atoms with E-state index in [0.29, 0.717) is 6.04 Å². The molecule has 0 heterocycles. The Morgan fingerprint density at radius 2 is 1.50 bits per heavy atom. The van der Waals surface area contributed by atoms with Gasteiger partial charge in [0, 0.05) is 16.7 Å². The summed E-state index contributed by atoms with van der Waals surface area (Å²) in [4.78, 5) is 0. The van der Waals surface area contributed by atoms with Crippen molar-refractivity contribution in [1.29, 1.82) is 0 Å². The van der Waals surface area contributed by atoms with Gasteiger partial charge in [-0.3, -0.25) is 9.65 Å². The van der Waals surface area contributed by atoms with Crippen LogP contribution in [-0.2, 0) is 4.57 Å². The number of nitrogens with one attached hydrogen (secondary N) is 1. The van der Waals surface area contributed by atoms with Gasteiger partial charge < -0.3 is 0 Å². The van der Waals surface area contributed by atoms with Crippen molar-refractivity contribution < 1.29 is 4.57 Å². The maximum Gasteiger partial charge on any atom is 0.204 e. The molecular formula is C23H32NOP. The van der Waals surface area contributed by atoms with Crippen LogP contribution in [0.1, 0.15) is 58.3 Å². The van der Waals surface area contributed by atoms with Crippen LogP contribution in [0.4, 0.5) is 0 Å². The summed E-state index contributed by atoms with van der Waals surface area (Å²) in [7, 11) is -2.83. The van der Waals surface area contributed by atoms with Gasteiger partial charge in [0.25, 0.3) is 0 Å². The highest BCUT2D eigenvalue weighted by Crippen LogP contribution is 2.41. The molecule has 3 heteroatoms. The Labute approximate surface area is 158 Å². The Hall–Kier alpha value is -1.37. The lowest BCUT2D eigenvalue weighted by molar-refractivity contribution is 0.398. The summed E-state index contributed by atoms with van der Waals surface area (Å²) in [5.41, 5.74) is 0. The molecule has 0 aromatic heterocycles. The molecule has 2 nitrogen and oxygen atoms in total. The van der Waals surface area contributed by atoms with Gasteiger partial charge in [-0.2, -0.15) is 0 Å². The third-order valence-corrected chi connectivity index (χ3v) is 8.38. The Kier molecular flexibility index (Phi) is 7.11. The molecule has 1 aliphatic carbocycles. The molecule has 0 aliphatic heterocycles. The van der Waals surface area contributed by atoms with E-state index in [1.165, 1.54) is 38.5 Å². The normalized spacial score (nSPS) is 16.7. The molecule has 1 unspecified atom stereocenters. The minimum atomic E-state index is -2.83. The van der Waals surface area contributed by atoms with Crippen molar-refractivity contribution in [3.63, 3.8) is 0 Å². The lowest BCUT2D eigenvalue weighted by atomic mass is 9.96. The summed E-state index contributed by atoms with van der Waals surface area (Å²) in [6.07, 6.45) is 10.0. The summed E-state index contributed by atoms with van der Waals surface area (Å²) < 4.78 is 14.3. The van der Waals surface area contributed by atoms with E-state index in [9.17, 15) is 4.57 Å². The first kappa shape index (κ1) is 19.4. The molecule has 2 aromatic carbocycles. The zero-order valence-corrected chi connectivity index (χ0v) is 16.8. The van der Waals surface area contributed by atoms with Gasteiger partial charge >= 0.3 is 0 Å². The van der Waals surface area contributed by atoms with E-state index in [2.05, 4.69) is 12.0 Å². The van der Waals surface area contributed by atoms with Crippen LogP contribution in [-0.4, -0.2) is 6.04 Å². The molecule has 1 saturated carbocycles. The van der Waals surface area contributed by atoms with Crippen molar-refractivity contribution in [2.24, 2.45) is 5.92 Å². The van der Waals surface area contributed by atoms with Crippen LogP contribution >= 0.6 is 7.29 Å². The van der Waals surface area contributed by atoms with Gasteiger partial charge in [0.05, 0.1) is 0 Å². The van der Waals surface area contributed by atoms with E-state index in [1.54, 1.807) is 0 Å². The van der Waals surface area contributed by atoms with Crippen molar-refractivity contribution in [2.45, 2.75) is 64.3 Å². The van der Waals surface area contributed by atoms with Crippen molar-refractivity contribution in [3.05, 3.63) is 60.7 Å². The molecule has 1 aliphatic rings. The van der Waals surface area contributed by atoms with Gasteiger partial charge in [0.1, 0.15) is 0 Å². The molecule has 1 N–H and O–H groups in total. The van der Waals surface area contributed by atoms with Crippen LogP contribution in [0.5, 0.6) is 0 Å². The van der Waals surface area contributed by atoms with E-state index in [-0.39, 0.29) is 0 Å². The molecule has 0 radical (unpaired) electrons. The quantitative estimate of drug-likeness (QED) is 0.579. The predicted molar refractivity (Wildman–Crippen MR) is 113 cm³/mol. The van der Waals surface area contributed by atoms with Crippen LogP contribution in [0.3, 0.4) is 0 Å². The highest BCUT2D eigenvalue weighted by Gasteiger charge is 2.31. The molecule has 26 heavy (non-hydrogen) atoms. The van der Waals surface area contributed by atoms with E-state index in [4.69, 9.17) is 0 Å². The van der Waals surface area contributed by atoms with Crippen molar-refractivity contribution >= 4 is 17.9 Å². The standard InChI is InChI=1S/C23H32NOP/c1-2-3-14-21(19-20-12-10-11-13-20)24-26(25,22-15-6-4-7-16-22)23-17-8-5-9-18-23/h4-9,15-18,20-21H,2-3,10-14,19H2,1H3,(H,24,25). The molecule has 0 saturated heterocycles. The lowest BCUT2D eigenvalue weighted by Gasteiger charge is -2.28. The molecular weight excluding hydrogens is 337 g/mol. The molecule has 1 atom stereocenters. The van der Waals surface area contributed by atoms with E-state index in [1.807, 2.05) is 60.7 Å². The van der Waals surface area contributed by atoms with Gasteiger partial charge in [-0.05, 0) is 43.0 Å². The summed E-state index contributed by atoms with van der Waals surface area (Å²) in [6.45, 7) is 2.24. The fourth-order valence-corrected chi connectivity index (χ4v) is 6.69. The fourth-order valence-electron chi connectivity index (χ4n) is 4.17. The first-order chi connectivity index (χ1) is 12.7. The molecule has 3 rings (SSSR count). The Morgan fingerprint density at radius 1 is 0.962 bits per heavy atom. The van der Waals surface area contributed by atoms with Crippen molar-refractivity contribution in [1.82, 2.24) is 5.09 Å². The van der Waals surface area contributed by atoms with Gasteiger partial charge in [-0.1, -0.05) is 81.8 Å². The largest absolute Gasteiger partial charge is 0.297 e. The van der Waals surface area contributed by atoms with Crippen LogP contribution in [0.25, 0.3) is 0 Å². The summed E-state index contributed by atoms with van der Waals surface area (Å²) >= 11 is 0. The zero-order valence-electron chi connectivity index (χ0n) is 15.9. The highest BCUT2D eigenvalue weighted by atomic mass is 31.2. The van der Waals surface area contributed by atoms with E-state index < -0.39 is 7.29 Å². The molecule has 0 amide bonds. The number of hydrogen-bond acceptors (Lipinski definition) is 1. The molecule has 0 spiro atoms. The highest BCUT2D eigenvalue weighted by molar-refractivity contribution is 7.76. The molecule has 140 valence electrons. The lowest BCUT2D eigenvalue weighted by Crippen LogP contribution is -2.36. The monoisotopic (exact) mass is 369 g/mol. The maximum atomic E-state index is 14.3. The minimum Gasteiger partial charge on any atom is -0.297 e. The van der Waals surface area contributed by atoms with E-state index in [0.717, 1.165) is 29.4 Å². The SMILES string of the molecule is CCCCC(CC1CCCC1)NP(=O)(c1ccccc1)c1ccccc1. The maximum absolute atomic E-state index is 14.3. The summed E-state index contributed by atoms with van der Waals surface area (Å²) in [6, 6.07) is 20.3. The minimum absolute atomic E-state index is 0.323. The molecule has 2 aromatic rings. The summed E-state index contributed by atoms with van der Waals surface area (Å²) in [5, 5.41) is 5.51. The number of unbranched alkanes of at least 4 members (excludes halogenated alkanes) is 1. The number of benzene rings is 2. The second kappa shape index (κ2) is 9.53. The Bertz CT molecular complexity index is 651. The van der Waals surface area contributed by atoms with Gasteiger partial charge in [-0.15, -0.1) is 0 Å². The predicted octanol–water partition coefficient (Wildman–Crippen LogP) is 5.64. The van der Waals surface area contributed by atoms with Gasteiger partial charge in [0.15, 0.2) is 0 Å². The molecule has 0 bridgehead atoms. The van der Waals surface area contributed by atoms with Crippen LogP contribution < -0.4 is 15.7 Å². The zero-order chi connectivity index (χ0) is 18.2. The topological polar surface area (TPSA) is 29.1 Å².